The predicted molar refractivity (Wildman–Crippen MR) is 164 cm³/mol. The molecule has 9 heteroatoms. The van der Waals surface area contributed by atoms with Gasteiger partial charge >= 0.3 is 5.69 Å². The minimum atomic E-state index is -0.566. The van der Waals surface area contributed by atoms with Gasteiger partial charge in [0.1, 0.15) is 6.54 Å². The van der Waals surface area contributed by atoms with Gasteiger partial charge in [0.05, 0.1) is 10.9 Å². The number of hydrogen-bond donors (Lipinski definition) is 2. The van der Waals surface area contributed by atoms with Gasteiger partial charge in [0.15, 0.2) is 0 Å². The molecule has 0 radical (unpaired) electrons. The van der Waals surface area contributed by atoms with E-state index >= 15 is 0 Å². The Hall–Kier alpha value is -4.50. The summed E-state index contributed by atoms with van der Waals surface area (Å²) < 4.78 is 2.46. The van der Waals surface area contributed by atoms with Crippen molar-refractivity contribution in [2.45, 2.75) is 58.3 Å². The molecule has 1 aliphatic rings. The highest BCUT2D eigenvalue weighted by atomic mass is 16.2. The summed E-state index contributed by atoms with van der Waals surface area (Å²) in [4.78, 5) is 54.6. The molecule has 1 saturated heterocycles. The van der Waals surface area contributed by atoms with Gasteiger partial charge in [-0.2, -0.15) is 0 Å². The van der Waals surface area contributed by atoms with Gasteiger partial charge in [-0.15, -0.1) is 0 Å². The van der Waals surface area contributed by atoms with Crippen LogP contribution in [0.1, 0.15) is 36.8 Å². The second-order valence-electron chi connectivity index (χ2n) is 11.0. The molecule has 1 fully saturated rings. The highest BCUT2D eigenvalue weighted by Crippen LogP contribution is 2.15. The zero-order valence-electron chi connectivity index (χ0n) is 23.9. The van der Waals surface area contributed by atoms with Crippen LogP contribution in [-0.2, 0) is 29.2 Å². The first kappa shape index (κ1) is 29.0. The van der Waals surface area contributed by atoms with Crippen molar-refractivity contribution < 1.29 is 9.59 Å². The zero-order valence-corrected chi connectivity index (χ0v) is 23.9. The number of anilines is 1. The molecule has 2 N–H and O–H groups in total. The summed E-state index contributed by atoms with van der Waals surface area (Å²) in [6.07, 6.45) is 2.31. The third-order valence-corrected chi connectivity index (χ3v) is 7.76. The lowest BCUT2D eigenvalue weighted by Gasteiger charge is -2.32. The molecule has 9 nitrogen and oxygen atoms in total. The number of para-hydroxylation sites is 1. The van der Waals surface area contributed by atoms with E-state index in [2.05, 4.69) is 27.7 Å². The molecular formula is C33H37N5O4. The van der Waals surface area contributed by atoms with Crippen LogP contribution in [0.25, 0.3) is 10.9 Å². The van der Waals surface area contributed by atoms with Crippen molar-refractivity contribution in [3.63, 3.8) is 0 Å². The van der Waals surface area contributed by atoms with Gasteiger partial charge in [0.25, 0.3) is 5.56 Å². The number of amides is 2. The van der Waals surface area contributed by atoms with E-state index in [0.717, 1.165) is 42.6 Å². The van der Waals surface area contributed by atoms with Crippen LogP contribution in [-0.4, -0.2) is 45.0 Å². The first-order valence-electron chi connectivity index (χ1n) is 14.5. The summed E-state index contributed by atoms with van der Waals surface area (Å²) in [6.45, 7) is 4.56. The molecule has 3 aromatic carbocycles. The average Bonchev–Trinajstić information content (AvgIpc) is 3.00. The Morgan fingerprint density at radius 1 is 0.833 bits per heavy atom. The van der Waals surface area contributed by atoms with E-state index in [0.29, 0.717) is 23.0 Å². The SMILES string of the molecule is Cc1ccc(NC(=O)Cn2c(=O)n(CCCC(=O)NC3CCN(Cc4ccccc4)CC3)c(=O)c3ccccc32)cc1. The van der Waals surface area contributed by atoms with Crippen molar-refractivity contribution in [2.24, 2.45) is 0 Å². The number of hydrogen-bond acceptors (Lipinski definition) is 5. The number of piperidine rings is 1. The lowest BCUT2D eigenvalue weighted by molar-refractivity contribution is -0.122. The monoisotopic (exact) mass is 567 g/mol. The molecule has 0 aliphatic carbocycles. The topological polar surface area (TPSA) is 105 Å². The molecule has 1 aromatic heterocycles. The lowest BCUT2D eigenvalue weighted by Crippen LogP contribution is -2.44. The lowest BCUT2D eigenvalue weighted by atomic mass is 10.0. The summed E-state index contributed by atoms with van der Waals surface area (Å²) >= 11 is 0. The summed E-state index contributed by atoms with van der Waals surface area (Å²) in [6, 6.07) is 24.7. The predicted octanol–water partition coefficient (Wildman–Crippen LogP) is 3.67. The fourth-order valence-electron chi connectivity index (χ4n) is 5.48. The molecule has 4 aromatic rings. The third-order valence-electron chi connectivity index (χ3n) is 7.76. The van der Waals surface area contributed by atoms with E-state index < -0.39 is 11.2 Å². The fourth-order valence-corrected chi connectivity index (χ4v) is 5.48. The fraction of sp³-hybridized carbons (Fsp3) is 0.333. The molecule has 2 heterocycles. The molecule has 0 unspecified atom stereocenters. The van der Waals surface area contributed by atoms with E-state index in [1.165, 1.54) is 10.1 Å². The van der Waals surface area contributed by atoms with E-state index in [4.69, 9.17) is 0 Å². The normalized spacial score (nSPS) is 14.1. The van der Waals surface area contributed by atoms with Crippen LogP contribution in [0.4, 0.5) is 5.69 Å². The number of fused-ring (bicyclic) bond motifs is 1. The maximum absolute atomic E-state index is 13.4. The van der Waals surface area contributed by atoms with Gasteiger partial charge in [-0.05, 0) is 56.0 Å². The smallest absolute Gasteiger partial charge is 0.331 e. The Morgan fingerprint density at radius 3 is 2.26 bits per heavy atom. The number of nitrogens with one attached hydrogen (secondary N) is 2. The number of aromatic nitrogens is 2. The average molecular weight is 568 g/mol. The van der Waals surface area contributed by atoms with Crippen molar-refractivity contribution in [1.29, 1.82) is 0 Å². The molecule has 0 saturated carbocycles. The van der Waals surface area contributed by atoms with E-state index in [1.54, 1.807) is 36.4 Å². The summed E-state index contributed by atoms with van der Waals surface area (Å²) in [5, 5.41) is 6.29. The Balaban J connectivity index is 1.18. The number of rotatable bonds is 10. The van der Waals surface area contributed by atoms with Gasteiger partial charge in [-0.1, -0.05) is 60.2 Å². The molecule has 5 rings (SSSR count). The summed E-state index contributed by atoms with van der Waals surface area (Å²) in [5.74, 6) is -0.450. The molecule has 218 valence electrons. The van der Waals surface area contributed by atoms with Crippen LogP contribution in [0.5, 0.6) is 0 Å². The number of likely N-dealkylation sites (tertiary alicyclic amines) is 1. The molecule has 0 spiro atoms. The first-order chi connectivity index (χ1) is 20.4. The molecule has 0 atom stereocenters. The highest BCUT2D eigenvalue weighted by molar-refractivity contribution is 5.91. The van der Waals surface area contributed by atoms with Crippen molar-refractivity contribution in [1.82, 2.24) is 19.4 Å². The van der Waals surface area contributed by atoms with Gasteiger partial charge in [-0.3, -0.25) is 28.4 Å². The maximum atomic E-state index is 13.4. The Bertz CT molecular complexity index is 1650. The van der Waals surface area contributed by atoms with E-state index in [-0.39, 0.29) is 37.4 Å². The van der Waals surface area contributed by atoms with Gasteiger partial charge in [0.2, 0.25) is 11.8 Å². The van der Waals surface area contributed by atoms with Crippen molar-refractivity contribution in [2.75, 3.05) is 18.4 Å². The minimum Gasteiger partial charge on any atom is -0.353 e. The van der Waals surface area contributed by atoms with Gasteiger partial charge < -0.3 is 10.6 Å². The Labute approximate surface area is 244 Å². The maximum Gasteiger partial charge on any atom is 0.331 e. The molecule has 42 heavy (non-hydrogen) atoms. The Kier molecular flexibility index (Phi) is 9.28. The second-order valence-corrected chi connectivity index (χ2v) is 11.0. The Morgan fingerprint density at radius 2 is 1.52 bits per heavy atom. The van der Waals surface area contributed by atoms with Gasteiger partial charge in [-0.25, -0.2) is 4.79 Å². The number of aryl methyl sites for hydroxylation is 1. The van der Waals surface area contributed by atoms with Gasteiger partial charge in [0, 0.05) is 44.3 Å². The third kappa shape index (κ3) is 7.22. The molecular weight excluding hydrogens is 530 g/mol. The van der Waals surface area contributed by atoms with E-state index in [1.807, 2.05) is 37.3 Å². The largest absolute Gasteiger partial charge is 0.353 e. The number of carbonyl (C=O) groups excluding carboxylic acids is 2. The number of nitrogens with zero attached hydrogens (tertiary/aromatic N) is 3. The van der Waals surface area contributed by atoms with Crippen LogP contribution in [0.3, 0.4) is 0 Å². The molecule has 0 bridgehead atoms. The zero-order chi connectivity index (χ0) is 29.5. The molecule has 2 amide bonds. The van der Waals surface area contributed by atoms with E-state index in [9.17, 15) is 19.2 Å². The van der Waals surface area contributed by atoms with Crippen molar-refractivity contribution >= 4 is 28.4 Å². The number of benzene rings is 3. The van der Waals surface area contributed by atoms with Crippen LogP contribution in [0, 0.1) is 6.92 Å². The summed E-state index contributed by atoms with van der Waals surface area (Å²) in [5.41, 5.74) is 2.40. The van der Waals surface area contributed by atoms with Crippen LogP contribution in [0.2, 0.25) is 0 Å². The quantitative estimate of drug-likeness (QED) is 0.304. The van der Waals surface area contributed by atoms with Crippen LogP contribution >= 0.6 is 0 Å². The van der Waals surface area contributed by atoms with Crippen LogP contribution < -0.4 is 21.9 Å². The van der Waals surface area contributed by atoms with Crippen molar-refractivity contribution in [3.05, 3.63) is 111 Å². The minimum absolute atomic E-state index is 0.0804. The number of carbonyl (C=O) groups is 2. The van der Waals surface area contributed by atoms with Crippen molar-refractivity contribution in [3.8, 4) is 0 Å². The summed E-state index contributed by atoms with van der Waals surface area (Å²) in [7, 11) is 0. The first-order valence-corrected chi connectivity index (χ1v) is 14.5. The molecule has 1 aliphatic heterocycles. The highest BCUT2D eigenvalue weighted by Gasteiger charge is 2.21. The standard InChI is InChI=1S/C33H37N5O4/c1-24-13-15-26(16-14-24)35-31(40)23-38-29-11-6-5-10-28(29)32(41)37(33(38)42)19-7-12-30(39)34-27-17-20-36(21-18-27)22-25-8-3-2-4-9-25/h2-6,8-11,13-16,27H,7,12,17-23H2,1H3,(H,34,39)(H,35,40). The van der Waals surface area contributed by atoms with Crippen LogP contribution in [0.15, 0.2) is 88.5 Å². The second kappa shape index (κ2) is 13.4.